The maximum absolute atomic E-state index is 6.07. The van der Waals surface area contributed by atoms with Crippen LogP contribution in [0.1, 0.15) is 30.6 Å². The molecule has 0 N–H and O–H groups in total. The van der Waals surface area contributed by atoms with Crippen molar-refractivity contribution in [2.45, 2.75) is 36.9 Å². The van der Waals surface area contributed by atoms with E-state index in [9.17, 15) is 0 Å². The molecule has 0 amide bonds. The van der Waals surface area contributed by atoms with E-state index in [1.807, 2.05) is 35.8 Å². The Morgan fingerprint density at radius 3 is 2.78 bits per heavy atom. The first-order valence-corrected chi connectivity index (χ1v) is 9.63. The molecule has 1 aromatic carbocycles. The topological polar surface area (TPSA) is 88.1 Å². The van der Waals surface area contributed by atoms with E-state index < -0.39 is 0 Å². The molecular formula is C18H19N5O3S. The first kappa shape index (κ1) is 17.6. The Kier molecular flexibility index (Phi) is 5.10. The first-order chi connectivity index (χ1) is 13.3. The third kappa shape index (κ3) is 3.68. The molecule has 0 bridgehead atoms. The highest BCUT2D eigenvalue weighted by molar-refractivity contribution is 7.98. The van der Waals surface area contributed by atoms with E-state index in [-0.39, 0.29) is 6.10 Å². The van der Waals surface area contributed by atoms with Gasteiger partial charge in [0.2, 0.25) is 11.8 Å². The van der Waals surface area contributed by atoms with E-state index in [1.54, 1.807) is 6.08 Å². The third-order valence-corrected chi connectivity index (χ3v) is 4.94. The van der Waals surface area contributed by atoms with Crippen LogP contribution in [0.5, 0.6) is 11.5 Å². The molecule has 0 saturated heterocycles. The van der Waals surface area contributed by atoms with Crippen LogP contribution in [-0.2, 0) is 18.7 Å². The summed E-state index contributed by atoms with van der Waals surface area (Å²) in [7, 11) is 0. The normalized spacial score (nSPS) is 15.7. The quantitative estimate of drug-likeness (QED) is 0.452. The second kappa shape index (κ2) is 7.83. The highest BCUT2D eigenvalue weighted by atomic mass is 32.2. The molecule has 0 saturated carbocycles. The summed E-state index contributed by atoms with van der Waals surface area (Å²) in [6, 6.07) is 7.59. The Hall–Kier alpha value is -2.81. The largest absolute Gasteiger partial charge is 0.485 e. The maximum Gasteiger partial charge on any atom is 0.226 e. The lowest BCUT2D eigenvalue weighted by molar-refractivity contribution is 0.0821. The summed E-state index contributed by atoms with van der Waals surface area (Å²) in [6.07, 6.45) is 2.18. The van der Waals surface area contributed by atoms with Gasteiger partial charge < -0.3 is 13.9 Å². The minimum atomic E-state index is -0.336. The van der Waals surface area contributed by atoms with Crippen LogP contribution in [0.25, 0.3) is 0 Å². The Bertz CT molecular complexity index is 939. The highest BCUT2D eigenvalue weighted by Gasteiger charge is 2.28. The zero-order valence-corrected chi connectivity index (χ0v) is 15.7. The van der Waals surface area contributed by atoms with Crippen molar-refractivity contribution in [1.29, 1.82) is 0 Å². The summed E-state index contributed by atoms with van der Waals surface area (Å²) in [5.74, 6) is 3.86. The lowest BCUT2D eigenvalue weighted by Gasteiger charge is -2.26. The summed E-state index contributed by atoms with van der Waals surface area (Å²) in [5.41, 5.74) is 0. The zero-order valence-electron chi connectivity index (χ0n) is 14.9. The fourth-order valence-electron chi connectivity index (χ4n) is 2.71. The Balaban J connectivity index is 1.53. The van der Waals surface area contributed by atoms with Gasteiger partial charge in [0.1, 0.15) is 6.61 Å². The van der Waals surface area contributed by atoms with Crippen molar-refractivity contribution in [1.82, 2.24) is 25.0 Å². The standard InChI is InChI=1S/C18H19N5O3S/c1-3-9-23-17(14-10-24-12-7-5-6-8-13(12)25-14)21-22-18(23)27-11-16-20-19-15(4-2)26-16/h3,5-8,14H,1,4,9-11H2,2H3. The summed E-state index contributed by atoms with van der Waals surface area (Å²) in [6.45, 7) is 6.75. The number of allylic oxidation sites excluding steroid dienone is 1. The van der Waals surface area contributed by atoms with E-state index in [1.165, 1.54) is 11.8 Å². The minimum Gasteiger partial charge on any atom is -0.485 e. The predicted molar refractivity (Wildman–Crippen MR) is 98.8 cm³/mol. The molecule has 2 aromatic heterocycles. The monoisotopic (exact) mass is 385 g/mol. The predicted octanol–water partition coefficient (Wildman–Crippen LogP) is 3.21. The molecular weight excluding hydrogens is 366 g/mol. The van der Waals surface area contributed by atoms with E-state index >= 15 is 0 Å². The number of hydrogen-bond acceptors (Lipinski definition) is 8. The van der Waals surface area contributed by atoms with Crippen molar-refractivity contribution >= 4 is 11.8 Å². The lowest BCUT2D eigenvalue weighted by atomic mass is 10.2. The number of nitrogens with zero attached hydrogens (tertiary/aromatic N) is 5. The Morgan fingerprint density at radius 1 is 1.19 bits per heavy atom. The van der Waals surface area contributed by atoms with Crippen molar-refractivity contribution < 1.29 is 13.9 Å². The second-order valence-electron chi connectivity index (χ2n) is 5.84. The molecule has 1 aliphatic heterocycles. The van der Waals surface area contributed by atoms with Crippen molar-refractivity contribution in [3.63, 3.8) is 0 Å². The van der Waals surface area contributed by atoms with Gasteiger partial charge in [-0.25, -0.2) is 0 Å². The van der Waals surface area contributed by atoms with Crippen molar-refractivity contribution in [2.24, 2.45) is 0 Å². The van der Waals surface area contributed by atoms with E-state index in [2.05, 4.69) is 27.0 Å². The van der Waals surface area contributed by atoms with Crippen LogP contribution in [0, 0.1) is 0 Å². The smallest absolute Gasteiger partial charge is 0.226 e. The summed E-state index contributed by atoms with van der Waals surface area (Å²) in [5, 5.41) is 17.4. The average Bonchev–Trinajstić information content (AvgIpc) is 3.33. The van der Waals surface area contributed by atoms with E-state index in [4.69, 9.17) is 13.9 Å². The number of fused-ring (bicyclic) bond motifs is 1. The van der Waals surface area contributed by atoms with E-state index in [0.717, 1.165) is 17.3 Å². The Morgan fingerprint density at radius 2 is 2.00 bits per heavy atom. The van der Waals surface area contributed by atoms with Crippen LogP contribution in [0.3, 0.4) is 0 Å². The lowest BCUT2D eigenvalue weighted by Crippen LogP contribution is -2.25. The average molecular weight is 385 g/mol. The van der Waals surface area contributed by atoms with E-state index in [0.29, 0.717) is 42.3 Å². The third-order valence-electron chi connectivity index (χ3n) is 3.99. The van der Waals surface area contributed by atoms with Gasteiger partial charge >= 0.3 is 0 Å². The van der Waals surface area contributed by atoms with Gasteiger partial charge in [-0.2, -0.15) is 0 Å². The molecule has 0 fully saturated rings. The number of benzene rings is 1. The molecule has 140 valence electrons. The Labute approximate surface area is 160 Å². The first-order valence-electron chi connectivity index (χ1n) is 8.65. The number of aromatic nitrogens is 5. The van der Waals surface area contributed by atoms with Gasteiger partial charge in [0.05, 0.1) is 5.75 Å². The number of ether oxygens (including phenoxy) is 2. The number of rotatable bonds is 7. The van der Waals surface area contributed by atoms with Gasteiger partial charge in [-0.05, 0) is 12.1 Å². The second-order valence-corrected chi connectivity index (χ2v) is 6.78. The molecule has 3 aromatic rings. The van der Waals surface area contributed by atoms with Crippen molar-refractivity contribution in [3.8, 4) is 11.5 Å². The molecule has 3 heterocycles. The summed E-state index contributed by atoms with van der Waals surface area (Å²) in [4.78, 5) is 0. The summed E-state index contributed by atoms with van der Waals surface area (Å²) < 4.78 is 19.4. The number of para-hydroxylation sites is 2. The maximum atomic E-state index is 6.07. The summed E-state index contributed by atoms with van der Waals surface area (Å²) >= 11 is 1.48. The van der Waals surface area contributed by atoms with Gasteiger partial charge in [-0.3, -0.25) is 4.57 Å². The van der Waals surface area contributed by atoms with Gasteiger partial charge in [0.15, 0.2) is 28.6 Å². The molecule has 1 unspecified atom stereocenters. The SMILES string of the molecule is C=CCn1c(SCc2nnc(CC)o2)nnc1C1COc2ccccc2O1. The van der Waals surface area contributed by atoms with Gasteiger partial charge in [0, 0.05) is 13.0 Å². The van der Waals surface area contributed by atoms with Crippen molar-refractivity contribution in [3.05, 3.63) is 54.5 Å². The van der Waals surface area contributed by atoms with Crippen LogP contribution in [0.2, 0.25) is 0 Å². The number of thioether (sulfide) groups is 1. The molecule has 1 atom stereocenters. The minimum absolute atomic E-state index is 0.336. The molecule has 0 spiro atoms. The molecule has 8 nitrogen and oxygen atoms in total. The van der Waals surface area contributed by atoms with Crippen molar-refractivity contribution in [2.75, 3.05) is 6.61 Å². The van der Waals surface area contributed by atoms with Crippen LogP contribution >= 0.6 is 11.8 Å². The molecule has 1 aliphatic rings. The molecule has 27 heavy (non-hydrogen) atoms. The molecule has 0 aliphatic carbocycles. The van der Waals surface area contributed by atoms with Gasteiger partial charge in [0.25, 0.3) is 0 Å². The zero-order chi connectivity index (χ0) is 18.6. The highest BCUT2D eigenvalue weighted by Crippen LogP contribution is 2.36. The fourth-order valence-corrected chi connectivity index (χ4v) is 3.50. The molecule has 9 heteroatoms. The van der Waals surface area contributed by atoms with Gasteiger partial charge in [-0.1, -0.05) is 36.9 Å². The van der Waals surface area contributed by atoms with Crippen LogP contribution < -0.4 is 9.47 Å². The fraction of sp³-hybridized carbons (Fsp3) is 0.333. The van der Waals surface area contributed by atoms with Crippen LogP contribution in [0.4, 0.5) is 0 Å². The molecule has 0 radical (unpaired) electrons. The van der Waals surface area contributed by atoms with Crippen LogP contribution in [0.15, 0.2) is 46.5 Å². The number of hydrogen-bond donors (Lipinski definition) is 0. The molecule has 4 rings (SSSR count). The van der Waals surface area contributed by atoms with Gasteiger partial charge in [-0.15, -0.1) is 27.0 Å². The van der Waals surface area contributed by atoms with Crippen LogP contribution in [-0.4, -0.2) is 31.6 Å². The number of aryl methyl sites for hydroxylation is 1.